The molecule has 0 aromatic heterocycles. The Morgan fingerprint density at radius 3 is 2.67 bits per heavy atom. The fourth-order valence-electron chi connectivity index (χ4n) is 2.16. The predicted molar refractivity (Wildman–Crippen MR) is 72.6 cm³/mol. The highest BCUT2D eigenvalue weighted by molar-refractivity contribution is 5.92. The quantitative estimate of drug-likeness (QED) is 0.635. The third kappa shape index (κ3) is 2.58. The Balaban J connectivity index is 2.23. The molecule has 1 aromatic rings. The third-order valence-corrected chi connectivity index (χ3v) is 3.53. The van der Waals surface area contributed by atoms with Crippen LogP contribution in [-0.4, -0.2) is 18.6 Å². The van der Waals surface area contributed by atoms with Gasteiger partial charge in [-0.15, -0.1) is 0 Å². The van der Waals surface area contributed by atoms with Gasteiger partial charge in [-0.1, -0.05) is 0 Å². The SMILES string of the molecule is COC(=O)c1ccc(N)c(NC(C)(C)C2CC2)c1. The summed E-state index contributed by atoms with van der Waals surface area (Å²) in [6, 6.07) is 5.17. The number of carbonyl (C=O) groups is 1. The molecule has 0 heterocycles. The number of rotatable bonds is 4. The number of esters is 1. The lowest BCUT2D eigenvalue weighted by atomic mass is 9.98. The zero-order valence-electron chi connectivity index (χ0n) is 11.1. The number of nitrogen functional groups attached to an aromatic ring is 1. The van der Waals surface area contributed by atoms with Gasteiger partial charge in [-0.05, 0) is 50.8 Å². The first-order valence-corrected chi connectivity index (χ1v) is 6.20. The van der Waals surface area contributed by atoms with E-state index in [1.165, 1.54) is 20.0 Å². The van der Waals surface area contributed by atoms with Gasteiger partial charge in [0.1, 0.15) is 0 Å². The number of nitrogens with one attached hydrogen (secondary N) is 1. The second-order valence-corrected chi connectivity index (χ2v) is 5.41. The Bertz CT molecular complexity index is 465. The van der Waals surface area contributed by atoms with Crippen LogP contribution < -0.4 is 11.1 Å². The van der Waals surface area contributed by atoms with E-state index in [0.717, 1.165) is 5.69 Å². The molecular formula is C14H20N2O2. The Morgan fingerprint density at radius 2 is 2.11 bits per heavy atom. The zero-order chi connectivity index (χ0) is 13.3. The fraction of sp³-hybridized carbons (Fsp3) is 0.500. The molecule has 2 rings (SSSR count). The molecule has 0 aliphatic heterocycles. The van der Waals surface area contributed by atoms with Gasteiger partial charge in [0.05, 0.1) is 24.0 Å². The largest absolute Gasteiger partial charge is 0.465 e. The topological polar surface area (TPSA) is 64.3 Å². The van der Waals surface area contributed by atoms with Crippen molar-refractivity contribution < 1.29 is 9.53 Å². The van der Waals surface area contributed by atoms with Gasteiger partial charge in [0.15, 0.2) is 0 Å². The van der Waals surface area contributed by atoms with Crippen molar-refractivity contribution in [3.8, 4) is 0 Å². The van der Waals surface area contributed by atoms with Crippen LogP contribution in [0.15, 0.2) is 18.2 Å². The summed E-state index contributed by atoms with van der Waals surface area (Å²) in [5.41, 5.74) is 7.91. The maximum absolute atomic E-state index is 11.5. The Kier molecular flexibility index (Phi) is 3.20. The van der Waals surface area contributed by atoms with E-state index in [1.807, 2.05) is 0 Å². The molecule has 0 amide bonds. The van der Waals surface area contributed by atoms with Crippen LogP contribution in [-0.2, 0) is 4.74 Å². The molecule has 98 valence electrons. The molecule has 4 heteroatoms. The van der Waals surface area contributed by atoms with Crippen LogP contribution in [0.2, 0.25) is 0 Å². The summed E-state index contributed by atoms with van der Waals surface area (Å²) < 4.78 is 4.71. The summed E-state index contributed by atoms with van der Waals surface area (Å²) in [4.78, 5) is 11.5. The molecule has 4 nitrogen and oxygen atoms in total. The van der Waals surface area contributed by atoms with E-state index in [1.54, 1.807) is 18.2 Å². The molecule has 0 unspecified atom stereocenters. The van der Waals surface area contributed by atoms with Crippen molar-refractivity contribution in [1.29, 1.82) is 0 Å². The minimum atomic E-state index is -0.345. The monoisotopic (exact) mass is 248 g/mol. The van der Waals surface area contributed by atoms with Gasteiger partial charge in [-0.2, -0.15) is 0 Å². The van der Waals surface area contributed by atoms with E-state index in [0.29, 0.717) is 17.2 Å². The summed E-state index contributed by atoms with van der Waals surface area (Å²) in [5, 5.41) is 3.44. The van der Waals surface area contributed by atoms with Crippen molar-refractivity contribution in [3.05, 3.63) is 23.8 Å². The normalized spacial score (nSPS) is 15.3. The van der Waals surface area contributed by atoms with Crippen LogP contribution in [0.4, 0.5) is 11.4 Å². The smallest absolute Gasteiger partial charge is 0.337 e. The molecule has 3 N–H and O–H groups in total. The highest BCUT2D eigenvalue weighted by atomic mass is 16.5. The lowest BCUT2D eigenvalue weighted by Crippen LogP contribution is -2.33. The number of benzene rings is 1. The van der Waals surface area contributed by atoms with Crippen molar-refractivity contribution >= 4 is 17.3 Å². The number of hydrogen-bond acceptors (Lipinski definition) is 4. The van der Waals surface area contributed by atoms with Crippen LogP contribution in [0.5, 0.6) is 0 Å². The first-order valence-electron chi connectivity index (χ1n) is 6.20. The number of ether oxygens (including phenoxy) is 1. The van der Waals surface area contributed by atoms with Gasteiger partial charge in [-0.3, -0.25) is 0 Å². The second-order valence-electron chi connectivity index (χ2n) is 5.41. The molecule has 1 aromatic carbocycles. The highest BCUT2D eigenvalue weighted by Crippen LogP contribution is 2.41. The number of anilines is 2. The number of methoxy groups -OCH3 is 1. The first kappa shape index (κ1) is 12.7. The fourth-order valence-corrected chi connectivity index (χ4v) is 2.16. The van der Waals surface area contributed by atoms with Crippen LogP contribution in [0, 0.1) is 5.92 Å². The highest BCUT2D eigenvalue weighted by Gasteiger charge is 2.37. The molecule has 0 spiro atoms. The Hall–Kier alpha value is -1.71. The predicted octanol–water partition coefficient (Wildman–Crippen LogP) is 2.66. The number of carbonyl (C=O) groups excluding carboxylic acids is 1. The van der Waals surface area contributed by atoms with E-state index in [2.05, 4.69) is 19.2 Å². The molecule has 1 saturated carbocycles. The van der Waals surface area contributed by atoms with Crippen LogP contribution in [0.3, 0.4) is 0 Å². The maximum Gasteiger partial charge on any atom is 0.337 e. The van der Waals surface area contributed by atoms with Crippen molar-refractivity contribution in [2.75, 3.05) is 18.2 Å². The van der Waals surface area contributed by atoms with Gasteiger partial charge in [0.2, 0.25) is 0 Å². The summed E-state index contributed by atoms with van der Waals surface area (Å²) in [6.45, 7) is 4.32. The summed E-state index contributed by atoms with van der Waals surface area (Å²) in [6.07, 6.45) is 2.49. The summed E-state index contributed by atoms with van der Waals surface area (Å²) >= 11 is 0. The maximum atomic E-state index is 11.5. The average Bonchev–Trinajstić information content (AvgIpc) is 3.15. The summed E-state index contributed by atoms with van der Waals surface area (Å²) in [7, 11) is 1.37. The zero-order valence-corrected chi connectivity index (χ0v) is 11.1. The van der Waals surface area contributed by atoms with Crippen molar-refractivity contribution in [2.45, 2.75) is 32.2 Å². The molecule has 1 aliphatic rings. The van der Waals surface area contributed by atoms with E-state index < -0.39 is 0 Å². The van der Waals surface area contributed by atoms with Crippen LogP contribution in [0.1, 0.15) is 37.0 Å². The van der Waals surface area contributed by atoms with Gasteiger partial charge in [0.25, 0.3) is 0 Å². The van der Waals surface area contributed by atoms with E-state index in [-0.39, 0.29) is 11.5 Å². The molecule has 1 fully saturated rings. The van der Waals surface area contributed by atoms with Crippen molar-refractivity contribution in [3.63, 3.8) is 0 Å². The first-order chi connectivity index (χ1) is 8.44. The Labute approximate surface area is 108 Å². The van der Waals surface area contributed by atoms with E-state index >= 15 is 0 Å². The van der Waals surface area contributed by atoms with E-state index in [9.17, 15) is 4.79 Å². The second kappa shape index (κ2) is 4.52. The Morgan fingerprint density at radius 1 is 1.44 bits per heavy atom. The molecule has 18 heavy (non-hydrogen) atoms. The standard InChI is InChI=1S/C14H20N2O2/c1-14(2,10-5-6-10)16-12-8-9(13(17)18-3)4-7-11(12)15/h4,7-8,10,16H,5-6,15H2,1-3H3. The van der Waals surface area contributed by atoms with Crippen LogP contribution >= 0.6 is 0 Å². The number of nitrogens with two attached hydrogens (primary N) is 1. The minimum Gasteiger partial charge on any atom is -0.465 e. The average molecular weight is 248 g/mol. The van der Waals surface area contributed by atoms with Gasteiger partial charge >= 0.3 is 5.97 Å². The van der Waals surface area contributed by atoms with Gasteiger partial charge in [-0.25, -0.2) is 4.79 Å². The third-order valence-electron chi connectivity index (χ3n) is 3.53. The van der Waals surface area contributed by atoms with Gasteiger partial charge in [0, 0.05) is 5.54 Å². The molecule has 0 saturated heterocycles. The molecule has 0 radical (unpaired) electrons. The van der Waals surface area contributed by atoms with Crippen molar-refractivity contribution in [1.82, 2.24) is 0 Å². The molecule has 1 aliphatic carbocycles. The lowest BCUT2D eigenvalue weighted by Gasteiger charge is -2.28. The molecule has 0 bridgehead atoms. The lowest BCUT2D eigenvalue weighted by molar-refractivity contribution is 0.0601. The van der Waals surface area contributed by atoms with Crippen molar-refractivity contribution in [2.24, 2.45) is 5.92 Å². The van der Waals surface area contributed by atoms with Gasteiger partial charge < -0.3 is 15.8 Å². The summed E-state index contributed by atoms with van der Waals surface area (Å²) in [5.74, 6) is 0.334. The molecular weight excluding hydrogens is 228 g/mol. The van der Waals surface area contributed by atoms with Crippen LogP contribution in [0.25, 0.3) is 0 Å². The minimum absolute atomic E-state index is 0.00284. The number of hydrogen-bond donors (Lipinski definition) is 2. The molecule has 0 atom stereocenters. The van der Waals surface area contributed by atoms with E-state index in [4.69, 9.17) is 10.5 Å².